The molecule has 0 spiro atoms. The first-order chi connectivity index (χ1) is 14.1. The van der Waals surface area contributed by atoms with Crippen LogP contribution in [-0.2, 0) is 11.3 Å². The maximum absolute atomic E-state index is 12.9. The van der Waals surface area contributed by atoms with Crippen molar-refractivity contribution >= 4 is 34.1 Å². The van der Waals surface area contributed by atoms with Crippen molar-refractivity contribution in [3.8, 4) is 5.75 Å². The van der Waals surface area contributed by atoms with Gasteiger partial charge in [0.15, 0.2) is 4.34 Å². The lowest BCUT2D eigenvalue weighted by Gasteiger charge is -2.37. The van der Waals surface area contributed by atoms with Crippen LogP contribution in [0.1, 0.15) is 51.5 Å². The van der Waals surface area contributed by atoms with Gasteiger partial charge in [0.05, 0.1) is 12.9 Å². The monoisotopic (exact) mass is 434 g/mol. The fourth-order valence-electron chi connectivity index (χ4n) is 3.73. The van der Waals surface area contributed by atoms with Gasteiger partial charge < -0.3 is 15.0 Å². The van der Waals surface area contributed by atoms with Crippen molar-refractivity contribution in [2.24, 2.45) is 0 Å². The van der Waals surface area contributed by atoms with Gasteiger partial charge in [-0.25, -0.2) is 0 Å². The third-order valence-corrected chi connectivity index (χ3v) is 7.14. The maximum atomic E-state index is 12.9. The molecule has 0 bridgehead atoms. The molecule has 2 aromatic rings. The lowest BCUT2D eigenvalue weighted by Crippen LogP contribution is -2.46. The summed E-state index contributed by atoms with van der Waals surface area (Å²) in [7, 11) is 1.66. The number of carbonyl (C=O) groups is 1. The fourth-order valence-corrected chi connectivity index (χ4v) is 5.35. The van der Waals surface area contributed by atoms with Crippen molar-refractivity contribution in [1.29, 1.82) is 0 Å². The molecule has 1 N–H and O–H groups in total. The zero-order valence-electron chi connectivity index (χ0n) is 17.4. The largest absolute Gasteiger partial charge is 0.497 e. The number of hydrogen-bond donors (Lipinski definition) is 1. The zero-order chi connectivity index (χ0) is 20.6. The van der Waals surface area contributed by atoms with Crippen molar-refractivity contribution in [3.05, 3.63) is 29.8 Å². The van der Waals surface area contributed by atoms with Crippen LogP contribution in [0, 0.1) is 0 Å². The molecule has 3 rings (SSSR count). The number of hydrogen-bond acceptors (Lipinski definition) is 7. The molecule has 158 valence electrons. The Labute approximate surface area is 181 Å². The number of ether oxygens (including phenoxy) is 1. The predicted molar refractivity (Wildman–Crippen MR) is 120 cm³/mol. The molecule has 0 aliphatic heterocycles. The summed E-state index contributed by atoms with van der Waals surface area (Å²) >= 11 is 2.97. The third kappa shape index (κ3) is 6.34. The van der Waals surface area contributed by atoms with Gasteiger partial charge in [0.1, 0.15) is 5.75 Å². The summed E-state index contributed by atoms with van der Waals surface area (Å²) < 4.78 is 6.00. The summed E-state index contributed by atoms with van der Waals surface area (Å²) in [6, 6.07) is 8.56. The first kappa shape index (κ1) is 21.9. The van der Waals surface area contributed by atoms with E-state index in [1.165, 1.54) is 42.4 Å². The van der Waals surface area contributed by atoms with Crippen LogP contribution in [0.2, 0.25) is 0 Å². The Morgan fingerprint density at radius 1 is 1.24 bits per heavy atom. The second kappa shape index (κ2) is 10.8. The van der Waals surface area contributed by atoms with Gasteiger partial charge in [0.25, 0.3) is 0 Å². The highest BCUT2D eigenvalue weighted by molar-refractivity contribution is 8.01. The van der Waals surface area contributed by atoms with E-state index in [1.807, 2.05) is 24.3 Å². The number of amides is 1. The fraction of sp³-hybridized carbons (Fsp3) is 0.571. The van der Waals surface area contributed by atoms with Crippen molar-refractivity contribution in [2.75, 3.05) is 18.2 Å². The van der Waals surface area contributed by atoms with E-state index < -0.39 is 0 Å². The van der Waals surface area contributed by atoms with E-state index in [4.69, 9.17) is 4.74 Å². The van der Waals surface area contributed by atoms with Crippen LogP contribution >= 0.6 is 23.1 Å². The van der Waals surface area contributed by atoms with Gasteiger partial charge in [-0.05, 0) is 44.4 Å². The van der Waals surface area contributed by atoms with E-state index in [9.17, 15) is 4.79 Å². The molecule has 6 nitrogen and oxygen atoms in total. The molecular formula is C21H30N4O2S2. The Morgan fingerprint density at radius 3 is 2.62 bits per heavy atom. The van der Waals surface area contributed by atoms with E-state index in [0.717, 1.165) is 33.6 Å². The summed E-state index contributed by atoms with van der Waals surface area (Å²) in [5, 5.41) is 12.5. The first-order valence-electron chi connectivity index (χ1n) is 10.2. The van der Waals surface area contributed by atoms with Crippen LogP contribution < -0.4 is 10.1 Å². The average molecular weight is 435 g/mol. The molecule has 1 fully saturated rings. The van der Waals surface area contributed by atoms with Crippen LogP contribution in [0.25, 0.3) is 0 Å². The van der Waals surface area contributed by atoms with Crippen molar-refractivity contribution in [3.63, 3.8) is 0 Å². The van der Waals surface area contributed by atoms with Crippen molar-refractivity contribution in [1.82, 2.24) is 15.1 Å². The molecule has 0 saturated heterocycles. The van der Waals surface area contributed by atoms with Gasteiger partial charge in [-0.3, -0.25) is 4.79 Å². The number of rotatable bonds is 9. The molecule has 1 aromatic carbocycles. The highest BCUT2D eigenvalue weighted by Crippen LogP contribution is 2.29. The Morgan fingerprint density at radius 2 is 1.97 bits per heavy atom. The van der Waals surface area contributed by atoms with E-state index in [1.54, 1.807) is 7.11 Å². The number of thioether (sulfide) groups is 1. The van der Waals surface area contributed by atoms with Gasteiger partial charge >= 0.3 is 0 Å². The van der Waals surface area contributed by atoms with Crippen LogP contribution in [0.3, 0.4) is 0 Å². The molecule has 1 saturated carbocycles. The van der Waals surface area contributed by atoms with E-state index >= 15 is 0 Å². The molecule has 1 aliphatic carbocycles. The maximum Gasteiger partial charge on any atom is 0.233 e. The number of benzene rings is 1. The minimum absolute atomic E-state index is 0.208. The number of aromatic nitrogens is 2. The van der Waals surface area contributed by atoms with Gasteiger partial charge in [-0.15, -0.1) is 10.2 Å². The standard InChI is InChI=1S/C21H30N4O2S2/c1-15(2)25(17-7-5-4-6-8-17)19(26)14-28-21-24-23-20(29-21)22-13-16-9-11-18(27-3)12-10-16/h9-12,15,17H,4-8,13-14H2,1-3H3,(H,22,23). The zero-order valence-corrected chi connectivity index (χ0v) is 19.0. The Hall–Kier alpha value is -1.80. The molecule has 8 heteroatoms. The smallest absolute Gasteiger partial charge is 0.233 e. The summed E-state index contributed by atoms with van der Waals surface area (Å²) in [5.74, 6) is 1.47. The molecule has 0 unspecified atom stereocenters. The normalized spacial score (nSPS) is 14.8. The van der Waals surface area contributed by atoms with Crippen LogP contribution in [0.5, 0.6) is 5.75 Å². The predicted octanol–water partition coefficient (Wildman–Crippen LogP) is 4.82. The molecule has 1 aromatic heterocycles. The molecule has 1 amide bonds. The molecule has 1 heterocycles. The summed E-state index contributed by atoms with van der Waals surface area (Å²) in [6.45, 7) is 4.90. The van der Waals surface area contributed by atoms with E-state index in [0.29, 0.717) is 18.3 Å². The number of anilines is 1. The topological polar surface area (TPSA) is 67.3 Å². The van der Waals surface area contributed by atoms with Crippen molar-refractivity contribution in [2.45, 2.75) is 68.9 Å². The minimum Gasteiger partial charge on any atom is -0.497 e. The summed E-state index contributed by atoms with van der Waals surface area (Å²) in [4.78, 5) is 15.0. The van der Waals surface area contributed by atoms with Crippen LogP contribution in [-0.4, -0.2) is 46.0 Å². The molecular weight excluding hydrogens is 404 g/mol. The summed E-state index contributed by atoms with van der Waals surface area (Å²) in [6.07, 6.45) is 6.02. The SMILES string of the molecule is COc1ccc(CNc2nnc(SCC(=O)N(C(C)C)C3CCCCC3)s2)cc1. The van der Waals surface area contributed by atoms with Crippen molar-refractivity contribution < 1.29 is 9.53 Å². The van der Waals surface area contributed by atoms with Gasteiger partial charge in [-0.1, -0.05) is 54.5 Å². The van der Waals surface area contributed by atoms with Crippen LogP contribution in [0.4, 0.5) is 5.13 Å². The van der Waals surface area contributed by atoms with Crippen LogP contribution in [0.15, 0.2) is 28.6 Å². The lowest BCUT2D eigenvalue weighted by molar-refractivity contribution is -0.133. The Bertz CT molecular complexity index is 773. The van der Waals surface area contributed by atoms with Gasteiger partial charge in [0, 0.05) is 18.6 Å². The molecule has 1 aliphatic rings. The Balaban J connectivity index is 1.49. The molecule has 29 heavy (non-hydrogen) atoms. The van der Waals surface area contributed by atoms with E-state index in [2.05, 4.69) is 34.3 Å². The lowest BCUT2D eigenvalue weighted by atomic mass is 9.93. The highest BCUT2D eigenvalue weighted by atomic mass is 32.2. The van der Waals surface area contributed by atoms with E-state index in [-0.39, 0.29) is 11.9 Å². The minimum atomic E-state index is 0.208. The second-order valence-electron chi connectivity index (χ2n) is 7.55. The third-order valence-electron chi connectivity index (χ3n) is 5.14. The average Bonchev–Trinajstić information content (AvgIpc) is 3.20. The number of nitrogens with one attached hydrogen (secondary N) is 1. The Kier molecular flexibility index (Phi) is 8.18. The van der Waals surface area contributed by atoms with Gasteiger partial charge in [-0.2, -0.15) is 0 Å². The number of carbonyl (C=O) groups excluding carboxylic acids is 1. The number of nitrogens with zero attached hydrogens (tertiary/aromatic N) is 3. The second-order valence-corrected chi connectivity index (χ2v) is 9.75. The molecule has 0 atom stereocenters. The summed E-state index contributed by atoms with van der Waals surface area (Å²) in [5.41, 5.74) is 1.14. The highest BCUT2D eigenvalue weighted by Gasteiger charge is 2.27. The number of methoxy groups -OCH3 is 1. The first-order valence-corrected chi connectivity index (χ1v) is 12.0. The van der Waals surface area contributed by atoms with Gasteiger partial charge in [0.2, 0.25) is 11.0 Å². The molecule has 0 radical (unpaired) electrons. The quantitative estimate of drug-likeness (QED) is 0.571.